The summed E-state index contributed by atoms with van der Waals surface area (Å²) < 4.78 is 0. The number of hydrogen-bond donors (Lipinski definition) is 2. The van der Waals surface area contributed by atoms with Crippen LogP contribution in [0.15, 0.2) is 54.6 Å². The summed E-state index contributed by atoms with van der Waals surface area (Å²) in [5.74, 6) is -0.00449. The van der Waals surface area contributed by atoms with Crippen molar-refractivity contribution in [3.05, 3.63) is 65.2 Å². The number of anilines is 1. The summed E-state index contributed by atoms with van der Waals surface area (Å²) in [7, 11) is 0. The predicted molar refractivity (Wildman–Crippen MR) is 93.7 cm³/mol. The minimum Gasteiger partial charge on any atom is -0.325 e. The van der Waals surface area contributed by atoms with Gasteiger partial charge < -0.3 is 10.6 Å². The van der Waals surface area contributed by atoms with E-state index in [1.807, 2.05) is 54.6 Å². The number of hydrogen-bond acceptors (Lipinski definition) is 3. The van der Waals surface area contributed by atoms with Gasteiger partial charge in [-0.1, -0.05) is 48.0 Å². The maximum atomic E-state index is 12.3. The van der Waals surface area contributed by atoms with Gasteiger partial charge in [-0.2, -0.15) is 0 Å². The van der Waals surface area contributed by atoms with Crippen molar-refractivity contribution in [3.8, 4) is 0 Å². The molecule has 1 aliphatic heterocycles. The molecule has 0 saturated carbocycles. The molecule has 120 valence electrons. The molecule has 5 heteroatoms. The van der Waals surface area contributed by atoms with Crippen LogP contribution in [0.3, 0.4) is 0 Å². The fourth-order valence-electron chi connectivity index (χ4n) is 2.89. The van der Waals surface area contributed by atoms with E-state index in [2.05, 4.69) is 15.5 Å². The van der Waals surface area contributed by atoms with Gasteiger partial charge in [0.2, 0.25) is 5.91 Å². The smallest absolute Gasteiger partial charge is 0.238 e. The Kier molecular flexibility index (Phi) is 5.28. The normalized spacial score (nSPS) is 18.6. The first-order valence-corrected chi connectivity index (χ1v) is 8.16. The van der Waals surface area contributed by atoms with E-state index in [-0.39, 0.29) is 11.9 Å². The molecule has 0 spiro atoms. The lowest BCUT2D eigenvalue weighted by molar-refractivity contribution is -0.118. The summed E-state index contributed by atoms with van der Waals surface area (Å²) in [5, 5.41) is 7.07. The lowest BCUT2D eigenvalue weighted by Crippen LogP contribution is -2.48. The highest BCUT2D eigenvalue weighted by atomic mass is 35.5. The largest absolute Gasteiger partial charge is 0.325 e. The Bertz CT molecular complexity index is 662. The minimum atomic E-state index is -0.00449. The number of nitrogens with one attached hydrogen (secondary N) is 2. The molecule has 0 bridgehead atoms. The van der Waals surface area contributed by atoms with Gasteiger partial charge in [0.05, 0.1) is 6.54 Å². The molecule has 3 rings (SSSR count). The van der Waals surface area contributed by atoms with Gasteiger partial charge in [-0.25, -0.2) is 0 Å². The Morgan fingerprint density at radius 1 is 1.17 bits per heavy atom. The van der Waals surface area contributed by atoms with Crippen LogP contribution in [0.1, 0.15) is 11.6 Å². The summed E-state index contributed by atoms with van der Waals surface area (Å²) in [6.45, 7) is 2.84. The molecule has 4 nitrogen and oxygen atoms in total. The molecular formula is C18H20ClN3O. The third-order valence-corrected chi connectivity index (χ3v) is 4.37. The number of nitrogens with zero attached hydrogens (tertiary/aromatic N) is 1. The second-order valence-corrected chi connectivity index (χ2v) is 6.03. The van der Waals surface area contributed by atoms with Crippen LogP contribution in [0.25, 0.3) is 0 Å². The zero-order valence-electron chi connectivity index (χ0n) is 12.8. The first kappa shape index (κ1) is 16.0. The summed E-state index contributed by atoms with van der Waals surface area (Å²) in [6, 6.07) is 17.5. The molecule has 0 radical (unpaired) electrons. The average molecular weight is 330 g/mol. The molecule has 1 atom stereocenters. The van der Waals surface area contributed by atoms with E-state index in [0.717, 1.165) is 35.9 Å². The van der Waals surface area contributed by atoms with Gasteiger partial charge in [0.1, 0.15) is 0 Å². The Hall–Kier alpha value is -1.88. The van der Waals surface area contributed by atoms with Crippen LogP contribution in [-0.4, -0.2) is 37.0 Å². The molecule has 1 fully saturated rings. The van der Waals surface area contributed by atoms with Crippen LogP contribution in [0.4, 0.5) is 5.69 Å². The number of amides is 1. The van der Waals surface area contributed by atoms with Crippen LogP contribution >= 0.6 is 11.6 Å². The minimum absolute atomic E-state index is 0.00449. The van der Waals surface area contributed by atoms with Crippen molar-refractivity contribution >= 4 is 23.2 Å². The second kappa shape index (κ2) is 7.59. The molecule has 0 aromatic heterocycles. The van der Waals surface area contributed by atoms with Gasteiger partial charge >= 0.3 is 0 Å². The van der Waals surface area contributed by atoms with Crippen molar-refractivity contribution in [1.29, 1.82) is 0 Å². The molecule has 2 aromatic carbocycles. The Morgan fingerprint density at radius 2 is 1.91 bits per heavy atom. The molecule has 0 aliphatic carbocycles. The molecule has 1 amide bonds. The monoisotopic (exact) mass is 329 g/mol. The number of carbonyl (C=O) groups is 1. The summed E-state index contributed by atoms with van der Waals surface area (Å²) in [5.41, 5.74) is 1.89. The van der Waals surface area contributed by atoms with E-state index in [1.54, 1.807) is 0 Å². The van der Waals surface area contributed by atoms with Crippen molar-refractivity contribution in [3.63, 3.8) is 0 Å². The third-order valence-electron chi connectivity index (χ3n) is 4.02. The average Bonchev–Trinajstić information content (AvgIpc) is 2.57. The lowest BCUT2D eigenvalue weighted by atomic mass is 10.0. The van der Waals surface area contributed by atoms with Crippen LogP contribution in [-0.2, 0) is 4.79 Å². The lowest BCUT2D eigenvalue weighted by Gasteiger charge is -2.36. The van der Waals surface area contributed by atoms with Crippen molar-refractivity contribution in [2.24, 2.45) is 0 Å². The number of benzene rings is 2. The maximum Gasteiger partial charge on any atom is 0.238 e. The Balaban J connectivity index is 1.69. The highest BCUT2D eigenvalue weighted by molar-refractivity contribution is 6.31. The zero-order chi connectivity index (χ0) is 16.1. The standard InChI is InChI=1S/C18H20ClN3O/c19-16-9-5-4-8-15(16)17-12-20-10-11-22(17)13-18(23)21-14-6-2-1-3-7-14/h1-9,17,20H,10-13H2,(H,21,23). The van der Waals surface area contributed by atoms with Gasteiger partial charge in [0.25, 0.3) is 0 Å². The van der Waals surface area contributed by atoms with E-state index in [4.69, 9.17) is 11.6 Å². The molecular weight excluding hydrogens is 310 g/mol. The highest BCUT2D eigenvalue weighted by Crippen LogP contribution is 2.28. The van der Waals surface area contributed by atoms with Gasteiger partial charge in [-0.3, -0.25) is 9.69 Å². The third kappa shape index (κ3) is 4.10. The van der Waals surface area contributed by atoms with Gasteiger partial charge in [-0.05, 0) is 23.8 Å². The van der Waals surface area contributed by atoms with Crippen LogP contribution in [0.2, 0.25) is 5.02 Å². The molecule has 1 aliphatic rings. The van der Waals surface area contributed by atoms with Gasteiger partial charge in [0, 0.05) is 36.4 Å². The number of piperazine rings is 1. The fraction of sp³-hybridized carbons (Fsp3) is 0.278. The Labute approximate surface area is 141 Å². The van der Waals surface area contributed by atoms with E-state index in [0.29, 0.717) is 6.54 Å². The first-order valence-electron chi connectivity index (χ1n) is 7.78. The quantitative estimate of drug-likeness (QED) is 0.906. The number of para-hydroxylation sites is 1. The Morgan fingerprint density at radius 3 is 2.70 bits per heavy atom. The van der Waals surface area contributed by atoms with Crippen LogP contribution in [0.5, 0.6) is 0 Å². The SMILES string of the molecule is O=C(CN1CCNCC1c1ccccc1Cl)Nc1ccccc1. The molecule has 2 aromatic rings. The molecule has 2 N–H and O–H groups in total. The number of halogens is 1. The van der Waals surface area contributed by atoms with Gasteiger partial charge in [0.15, 0.2) is 0 Å². The van der Waals surface area contributed by atoms with E-state index < -0.39 is 0 Å². The van der Waals surface area contributed by atoms with Crippen molar-refractivity contribution in [1.82, 2.24) is 10.2 Å². The first-order chi connectivity index (χ1) is 11.2. The highest BCUT2D eigenvalue weighted by Gasteiger charge is 2.26. The molecule has 23 heavy (non-hydrogen) atoms. The van der Waals surface area contributed by atoms with E-state index >= 15 is 0 Å². The predicted octanol–water partition coefficient (Wildman–Crippen LogP) is 2.93. The zero-order valence-corrected chi connectivity index (χ0v) is 13.6. The topological polar surface area (TPSA) is 44.4 Å². The summed E-state index contributed by atoms with van der Waals surface area (Å²) >= 11 is 6.33. The number of carbonyl (C=O) groups excluding carboxylic acids is 1. The van der Waals surface area contributed by atoms with E-state index in [1.165, 1.54) is 0 Å². The van der Waals surface area contributed by atoms with Crippen molar-refractivity contribution in [2.75, 3.05) is 31.5 Å². The second-order valence-electron chi connectivity index (χ2n) is 5.63. The summed E-state index contributed by atoms with van der Waals surface area (Å²) in [4.78, 5) is 14.5. The molecule has 1 unspecified atom stereocenters. The number of rotatable bonds is 4. The molecule has 1 heterocycles. The maximum absolute atomic E-state index is 12.3. The fourth-order valence-corrected chi connectivity index (χ4v) is 3.16. The van der Waals surface area contributed by atoms with Gasteiger partial charge in [-0.15, -0.1) is 0 Å². The molecule has 1 saturated heterocycles. The van der Waals surface area contributed by atoms with Crippen molar-refractivity contribution in [2.45, 2.75) is 6.04 Å². The van der Waals surface area contributed by atoms with E-state index in [9.17, 15) is 4.79 Å². The van der Waals surface area contributed by atoms with Crippen LogP contribution < -0.4 is 10.6 Å². The van der Waals surface area contributed by atoms with Crippen LogP contribution in [0, 0.1) is 0 Å². The summed E-state index contributed by atoms with van der Waals surface area (Å²) in [6.07, 6.45) is 0. The van der Waals surface area contributed by atoms with Crippen molar-refractivity contribution < 1.29 is 4.79 Å².